The third kappa shape index (κ3) is 1.52. The first kappa shape index (κ1) is 8.55. The van der Waals surface area contributed by atoms with Crippen molar-refractivity contribution in [1.82, 2.24) is 10.1 Å². The van der Waals surface area contributed by atoms with E-state index < -0.39 is 0 Å². The highest BCUT2D eigenvalue weighted by atomic mass is 16.5. The minimum Gasteiger partial charge on any atom is -0.497 e. The van der Waals surface area contributed by atoms with Crippen molar-refractivity contribution in [2.75, 3.05) is 12.8 Å². The molecule has 0 aliphatic carbocycles. The van der Waals surface area contributed by atoms with Gasteiger partial charge in [0.2, 0.25) is 5.88 Å². The number of pyridine rings is 1. The molecule has 0 amide bonds. The van der Waals surface area contributed by atoms with E-state index in [1.807, 2.05) is 0 Å². The first-order valence-corrected chi connectivity index (χ1v) is 4.02. The molecule has 2 aromatic rings. The lowest BCUT2D eigenvalue weighted by atomic mass is 10.2. The van der Waals surface area contributed by atoms with Gasteiger partial charge in [-0.25, -0.2) is 0 Å². The van der Waals surface area contributed by atoms with E-state index >= 15 is 0 Å². The van der Waals surface area contributed by atoms with Crippen LogP contribution in [0.2, 0.25) is 0 Å². The largest absolute Gasteiger partial charge is 0.497 e. The number of hydrogen-bond acceptors (Lipinski definition) is 5. The molecular formula is C9H9N3O2. The topological polar surface area (TPSA) is 74.2 Å². The second-order valence-corrected chi connectivity index (χ2v) is 2.70. The fraction of sp³-hybridized carbons (Fsp3) is 0.111. The van der Waals surface area contributed by atoms with Crippen LogP contribution in [-0.4, -0.2) is 17.3 Å². The van der Waals surface area contributed by atoms with E-state index in [-0.39, 0.29) is 5.88 Å². The first-order chi connectivity index (χ1) is 6.79. The Hall–Kier alpha value is -2.04. The highest BCUT2D eigenvalue weighted by molar-refractivity contribution is 5.58. The summed E-state index contributed by atoms with van der Waals surface area (Å²) in [5.74, 6) is 0.987. The lowest BCUT2D eigenvalue weighted by Crippen LogP contribution is -1.86. The van der Waals surface area contributed by atoms with Gasteiger partial charge in [0.05, 0.1) is 12.8 Å². The lowest BCUT2D eigenvalue weighted by molar-refractivity contribution is 0.414. The Kier molecular flexibility index (Phi) is 2.06. The van der Waals surface area contributed by atoms with Gasteiger partial charge in [-0.3, -0.25) is 4.98 Å². The Morgan fingerprint density at radius 2 is 2.21 bits per heavy atom. The molecule has 0 atom stereocenters. The van der Waals surface area contributed by atoms with Crippen LogP contribution in [0.1, 0.15) is 0 Å². The average Bonchev–Trinajstić information content (AvgIpc) is 2.65. The van der Waals surface area contributed by atoms with Gasteiger partial charge in [0.1, 0.15) is 11.4 Å². The maximum atomic E-state index is 5.40. The molecule has 5 nitrogen and oxygen atoms in total. The molecule has 0 aliphatic heterocycles. The third-order valence-electron chi connectivity index (χ3n) is 1.76. The van der Waals surface area contributed by atoms with Crippen molar-refractivity contribution in [1.29, 1.82) is 0 Å². The smallest absolute Gasteiger partial charge is 0.222 e. The van der Waals surface area contributed by atoms with Gasteiger partial charge >= 0.3 is 0 Å². The van der Waals surface area contributed by atoms with Crippen molar-refractivity contribution < 1.29 is 9.26 Å². The molecule has 0 saturated carbocycles. The van der Waals surface area contributed by atoms with Gasteiger partial charge in [-0.2, -0.15) is 0 Å². The maximum Gasteiger partial charge on any atom is 0.222 e. The van der Waals surface area contributed by atoms with E-state index in [9.17, 15) is 0 Å². The van der Waals surface area contributed by atoms with Crippen molar-refractivity contribution in [3.05, 3.63) is 24.4 Å². The summed E-state index contributed by atoms with van der Waals surface area (Å²) in [4.78, 5) is 4.11. The van der Waals surface area contributed by atoms with Gasteiger partial charge in [0.25, 0.3) is 0 Å². The zero-order chi connectivity index (χ0) is 9.97. The monoisotopic (exact) mass is 191 g/mol. The fourth-order valence-electron chi connectivity index (χ4n) is 1.09. The molecule has 5 heteroatoms. The summed E-state index contributed by atoms with van der Waals surface area (Å²) in [6, 6.07) is 5.13. The predicted octanol–water partition coefficient (Wildman–Crippen LogP) is 1.33. The van der Waals surface area contributed by atoms with Crippen LogP contribution in [0.4, 0.5) is 5.88 Å². The van der Waals surface area contributed by atoms with Crippen LogP contribution < -0.4 is 10.5 Å². The minimum absolute atomic E-state index is 0.268. The van der Waals surface area contributed by atoms with E-state index in [1.54, 1.807) is 31.5 Å². The van der Waals surface area contributed by atoms with Crippen molar-refractivity contribution in [3.8, 4) is 17.1 Å². The van der Waals surface area contributed by atoms with Gasteiger partial charge in [0, 0.05) is 18.3 Å². The standard InChI is InChI=1S/C9H9N3O2/c1-13-6-2-3-11-7(4-6)8-5-9(10)14-12-8/h2-5H,10H2,1H3. The zero-order valence-electron chi connectivity index (χ0n) is 7.60. The maximum absolute atomic E-state index is 5.40. The first-order valence-electron chi connectivity index (χ1n) is 4.02. The number of nitrogen functional groups attached to an aromatic ring is 1. The molecule has 2 heterocycles. The normalized spacial score (nSPS) is 10.1. The van der Waals surface area contributed by atoms with Gasteiger partial charge in [-0.1, -0.05) is 5.16 Å². The van der Waals surface area contributed by atoms with Crippen LogP contribution in [0, 0.1) is 0 Å². The average molecular weight is 191 g/mol. The highest BCUT2D eigenvalue weighted by Gasteiger charge is 2.06. The molecular weight excluding hydrogens is 182 g/mol. The molecule has 2 aromatic heterocycles. The Balaban J connectivity index is 2.41. The summed E-state index contributed by atoms with van der Waals surface area (Å²) in [6.07, 6.45) is 1.64. The number of nitrogens with zero attached hydrogens (tertiary/aromatic N) is 2. The molecule has 0 aliphatic rings. The van der Waals surface area contributed by atoms with Crippen LogP contribution in [0.5, 0.6) is 5.75 Å². The van der Waals surface area contributed by atoms with E-state index in [2.05, 4.69) is 10.1 Å². The molecule has 14 heavy (non-hydrogen) atoms. The number of hydrogen-bond donors (Lipinski definition) is 1. The summed E-state index contributed by atoms with van der Waals surface area (Å²) in [5, 5.41) is 3.74. The second-order valence-electron chi connectivity index (χ2n) is 2.70. The summed E-state index contributed by atoms with van der Waals surface area (Å²) in [6.45, 7) is 0. The molecule has 0 saturated heterocycles. The van der Waals surface area contributed by atoms with E-state index in [0.29, 0.717) is 11.4 Å². The van der Waals surface area contributed by atoms with Crippen molar-refractivity contribution in [2.24, 2.45) is 0 Å². The molecule has 0 fully saturated rings. The van der Waals surface area contributed by atoms with Gasteiger partial charge in [-0.05, 0) is 6.07 Å². The van der Waals surface area contributed by atoms with E-state index in [1.165, 1.54) is 0 Å². The highest BCUT2D eigenvalue weighted by Crippen LogP contribution is 2.21. The van der Waals surface area contributed by atoms with Crippen molar-refractivity contribution >= 4 is 5.88 Å². The summed E-state index contributed by atoms with van der Waals surface area (Å²) < 4.78 is 9.79. The van der Waals surface area contributed by atoms with Crippen LogP contribution in [0.25, 0.3) is 11.4 Å². The summed E-state index contributed by atoms with van der Waals surface area (Å²) in [7, 11) is 1.59. The number of rotatable bonds is 2. The number of nitrogens with two attached hydrogens (primary N) is 1. The quantitative estimate of drug-likeness (QED) is 0.775. The number of methoxy groups -OCH3 is 1. The van der Waals surface area contributed by atoms with Crippen LogP contribution in [-0.2, 0) is 0 Å². The van der Waals surface area contributed by atoms with E-state index in [0.717, 1.165) is 5.75 Å². The number of ether oxygens (including phenoxy) is 1. The lowest BCUT2D eigenvalue weighted by Gasteiger charge is -1.99. The number of anilines is 1. The fourth-order valence-corrected chi connectivity index (χ4v) is 1.09. The molecule has 2 N–H and O–H groups in total. The van der Waals surface area contributed by atoms with Crippen molar-refractivity contribution in [2.45, 2.75) is 0 Å². The Labute approximate surface area is 80.5 Å². The SMILES string of the molecule is COc1ccnc(-c2cc(N)on2)c1. The van der Waals surface area contributed by atoms with Crippen LogP contribution in [0.3, 0.4) is 0 Å². The summed E-state index contributed by atoms with van der Waals surface area (Å²) >= 11 is 0. The molecule has 0 radical (unpaired) electrons. The van der Waals surface area contributed by atoms with Gasteiger partial charge in [0.15, 0.2) is 0 Å². The molecule has 72 valence electrons. The summed E-state index contributed by atoms with van der Waals surface area (Å²) in [5.41, 5.74) is 6.67. The second kappa shape index (κ2) is 3.37. The molecule has 0 unspecified atom stereocenters. The van der Waals surface area contributed by atoms with Gasteiger partial charge < -0.3 is 15.0 Å². The molecule has 2 rings (SSSR count). The Morgan fingerprint density at radius 3 is 2.86 bits per heavy atom. The minimum atomic E-state index is 0.268. The van der Waals surface area contributed by atoms with E-state index in [4.69, 9.17) is 15.0 Å². The Bertz CT molecular complexity index is 439. The molecule has 0 aromatic carbocycles. The zero-order valence-corrected chi connectivity index (χ0v) is 7.60. The Morgan fingerprint density at radius 1 is 1.36 bits per heavy atom. The van der Waals surface area contributed by atoms with Crippen LogP contribution >= 0.6 is 0 Å². The number of aromatic nitrogens is 2. The van der Waals surface area contributed by atoms with Gasteiger partial charge in [-0.15, -0.1) is 0 Å². The van der Waals surface area contributed by atoms with Crippen LogP contribution in [0.15, 0.2) is 28.9 Å². The molecule has 0 bridgehead atoms. The van der Waals surface area contributed by atoms with Crippen molar-refractivity contribution in [3.63, 3.8) is 0 Å². The predicted molar refractivity (Wildman–Crippen MR) is 50.7 cm³/mol. The molecule has 0 spiro atoms. The third-order valence-corrected chi connectivity index (χ3v) is 1.76.